The van der Waals surface area contributed by atoms with Crippen molar-refractivity contribution >= 4 is 5.57 Å². The van der Waals surface area contributed by atoms with Gasteiger partial charge in [0.1, 0.15) is 0 Å². The average molecular weight is 201 g/mol. The van der Waals surface area contributed by atoms with Gasteiger partial charge in [0.15, 0.2) is 0 Å². The summed E-state index contributed by atoms with van der Waals surface area (Å²) >= 11 is 0. The minimum absolute atomic E-state index is 1.01. The van der Waals surface area contributed by atoms with Crippen LogP contribution < -0.4 is 0 Å². The fourth-order valence-electron chi connectivity index (χ4n) is 1.06. The maximum atomic E-state index is 4.04. The fourth-order valence-corrected chi connectivity index (χ4v) is 1.06. The summed E-state index contributed by atoms with van der Waals surface area (Å²) in [5.74, 6) is 0. The molecule has 0 fully saturated rings. The summed E-state index contributed by atoms with van der Waals surface area (Å²) in [6.07, 6.45) is 7.37. The van der Waals surface area contributed by atoms with Crippen LogP contribution in [0.2, 0.25) is 0 Å². The summed E-state index contributed by atoms with van der Waals surface area (Å²) in [6, 6.07) is 3.91. The van der Waals surface area contributed by atoms with E-state index in [0.29, 0.717) is 0 Å². The molecule has 0 aromatic carbocycles. The van der Waals surface area contributed by atoms with Crippen LogP contribution in [0, 0.1) is 0 Å². The molecule has 0 aliphatic carbocycles. The molecule has 1 aromatic heterocycles. The van der Waals surface area contributed by atoms with Gasteiger partial charge in [0, 0.05) is 12.4 Å². The zero-order valence-electron chi connectivity index (χ0n) is 9.83. The molecule has 0 aliphatic rings. The molecule has 1 heterocycles. The molecule has 0 atom stereocenters. The van der Waals surface area contributed by atoms with E-state index in [1.807, 2.05) is 51.3 Å². The SMILES string of the molecule is C=C/C(=C\C(=C)C)c1cccnc1.CC. The number of hydrogen-bond acceptors (Lipinski definition) is 1. The van der Waals surface area contributed by atoms with E-state index in [2.05, 4.69) is 18.1 Å². The number of nitrogens with zero attached hydrogens (tertiary/aromatic N) is 1. The van der Waals surface area contributed by atoms with Crippen molar-refractivity contribution in [3.63, 3.8) is 0 Å². The lowest BCUT2D eigenvalue weighted by atomic mass is 10.1. The first-order valence-electron chi connectivity index (χ1n) is 5.14. The van der Waals surface area contributed by atoms with E-state index in [4.69, 9.17) is 0 Å². The first-order valence-corrected chi connectivity index (χ1v) is 5.14. The summed E-state index contributed by atoms with van der Waals surface area (Å²) in [6.45, 7) is 13.5. The molecular formula is C14H19N. The highest BCUT2D eigenvalue weighted by Gasteiger charge is 1.95. The zero-order chi connectivity index (χ0) is 11.7. The predicted octanol–water partition coefficient (Wildman–Crippen LogP) is 4.25. The van der Waals surface area contributed by atoms with E-state index >= 15 is 0 Å². The van der Waals surface area contributed by atoms with E-state index < -0.39 is 0 Å². The summed E-state index contributed by atoms with van der Waals surface area (Å²) < 4.78 is 0. The van der Waals surface area contributed by atoms with Gasteiger partial charge in [0.25, 0.3) is 0 Å². The van der Waals surface area contributed by atoms with Crippen molar-refractivity contribution in [3.05, 3.63) is 61.0 Å². The second-order valence-electron chi connectivity index (χ2n) is 2.89. The Kier molecular flexibility index (Phi) is 6.90. The van der Waals surface area contributed by atoms with Gasteiger partial charge in [-0.2, -0.15) is 0 Å². The molecule has 1 heteroatoms. The molecule has 0 amide bonds. The van der Waals surface area contributed by atoms with Crippen LogP contribution in [-0.2, 0) is 0 Å². The molecular weight excluding hydrogens is 182 g/mol. The van der Waals surface area contributed by atoms with Crippen molar-refractivity contribution in [1.82, 2.24) is 4.98 Å². The smallest absolute Gasteiger partial charge is 0.0346 e. The van der Waals surface area contributed by atoms with Gasteiger partial charge in [-0.1, -0.05) is 50.8 Å². The Hall–Kier alpha value is -1.63. The van der Waals surface area contributed by atoms with Crippen LogP contribution in [0.15, 0.2) is 55.4 Å². The lowest BCUT2D eigenvalue weighted by Gasteiger charge is -2.00. The molecule has 0 spiro atoms. The zero-order valence-corrected chi connectivity index (χ0v) is 9.83. The Bertz CT molecular complexity index is 334. The Morgan fingerprint density at radius 2 is 2.07 bits per heavy atom. The monoisotopic (exact) mass is 201 g/mol. The van der Waals surface area contributed by atoms with Crippen LogP contribution in [0.4, 0.5) is 0 Å². The Morgan fingerprint density at radius 1 is 1.40 bits per heavy atom. The van der Waals surface area contributed by atoms with Crippen molar-refractivity contribution in [3.8, 4) is 0 Å². The van der Waals surface area contributed by atoms with Crippen molar-refractivity contribution in [2.75, 3.05) is 0 Å². The molecule has 15 heavy (non-hydrogen) atoms. The van der Waals surface area contributed by atoms with Gasteiger partial charge in [-0.15, -0.1) is 0 Å². The molecule has 0 aliphatic heterocycles. The fraction of sp³-hybridized carbons (Fsp3) is 0.214. The van der Waals surface area contributed by atoms with Gasteiger partial charge in [-0.05, 0) is 24.1 Å². The van der Waals surface area contributed by atoms with E-state index in [-0.39, 0.29) is 0 Å². The number of hydrogen-bond donors (Lipinski definition) is 0. The predicted molar refractivity (Wildman–Crippen MR) is 68.6 cm³/mol. The lowest BCUT2D eigenvalue weighted by Crippen LogP contribution is -1.82. The molecule has 1 nitrogen and oxygen atoms in total. The minimum Gasteiger partial charge on any atom is -0.264 e. The molecule has 0 radical (unpaired) electrons. The Balaban J connectivity index is 0.000000921. The van der Waals surface area contributed by atoms with Crippen LogP contribution in [0.3, 0.4) is 0 Å². The number of aromatic nitrogens is 1. The van der Waals surface area contributed by atoms with Gasteiger partial charge < -0.3 is 0 Å². The normalized spacial score (nSPS) is 9.93. The third-order valence-electron chi connectivity index (χ3n) is 1.62. The topological polar surface area (TPSA) is 12.9 Å². The van der Waals surface area contributed by atoms with Crippen molar-refractivity contribution in [2.45, 2.75) is 20.8 Å². The molecule has 0 unspecified atom stereocenters. The summed E-state index contributed by atoms with van der Waals surface area (Å²) in [4.78, 5) is 4.04. The maximum absolute atomic E-state index is 4.04. The van der Waals surface area contributed by atoms with E-state index in [0.717, 1.165) is 16.7 Å². The molecule has 80 valence electrons. The molecule has 0 N–H and O–H groups in total. The van der Waals surface area contributed by atoms with Gasteiger partial charge in [-0.3, -0.25) is 4.98 Å². The largest absolute Gasteiger partial charge is 0.264 e. The van der Waals surface area contributed by atoms with Crippen LogP contribution in [0.25, 0.3) is 5.57 Å². The number of allylic oxidation sites excluding steroid dienone is 4. The van der Waals surface area contributed by atoms with Crippen LogP contribution >= 0.6 is 0 Å². The second-order valence-corrected chi connectivity index (χ2v) is 2.89. The Labute approximate surface area is 92.9 Å². The maximum Gasteiger partial charge on any atom is 0.0346 e. The highest BCUT2D eigenvalue weighted by Crippen LogP contribution is 2.15. The standard InChI is InChI=1S/C12H13N.C2H6/c1-4-11(8-10(2)3)12-6-5-7-13-9-12;1-2/h4-9H,1-2H2,3H3;1-2H3/b11-8+;. The van der Waals surface area contributed by atoms with Crippen molar-refractivity contribution in [1.29, 1.82) is 0 Å². The van der Waals surface area contributed by atoms with Crippen molar-refractivity contribution < 1.29 is 0 Å². The highest BCUT2D eigenvalue weighted by molar-refractivity contribution is 5.74. The van der Waals surface area contributed by atoms with Gasteiger partial charge in [-0.25, -0.2) is 0 Å². The highest BCUT2D eigenvalue weighted by atomic mass is 14.6. The summed E-state index contributed by atoms with van der Waals surface area (Å²) in [5.41, 5.74) is 3.14. The number of rotatable bonds is 3. The second kappa shape index (κ2) is 7.74. The third-order valence-corrected chi connectivity index (χ3v) is 1.62. The molecule has 1 aromatic rings. The molecule has 0 saturated carbocycles. The van der Waals surface area contributed by atoms with Crippen LogP contribution in [-0.4, -0.2) is 4.98 Å². The summed E-state index contributed by atoms with van der Waals surface area (Å²) in [7, 11) is 0. The minimum atomic E-state index is 1.01. The molecule has 0 saturated heterocycles. The van der Waals surface area contributed by atoms with Gasteiger partial charge >= 0.3 is 0 Å². The van der Waals surface area contributed by atoms with E-state index in [1.54, 1.807) is 6.20 Å². The van der Waals surface area contributed by atoms with Crippen LogP contribution in [0.5, 0.6) is 0 Å². The van der Waals surface area contributed by atoms with E-state index in [1.165, 1.54) is 0 Å². The average Bonchev–Trinajstić information content (AvgIpc) is 2.29. The lowest BCUT2D eigenvalue weighted by molar-refractivity contribution is 1.31. The van der Waals surface area contributed by atoms with E-state index in [9.17, 15) is 0 Å². The summed E-state index contributed by atoms with van der Waals surface area (Å²) in [5, 5.41) is 0. The molecule has 0 bridgehead atoms. The quantitative estimate of drug-likeness (QED) is 0.666. The first-order chi connectivity index (χ1) is 7.24. The van der Waals surface area contributed by atoms with Gasteiger partial charge in [0.05, 0.1) is 0 Å². The van der Waals surface area contributed by atoms with Gasteiger partial charge in [0.2, 0.25) is 0 Å². The number of pyridine rings is 1. The third kappa shape index (κ3) is 4.96. The van der Waals surface area contributed by atoms with Crippen molar-refractivity contribution in [2.24, 2.45) is 0 Å². The Morgan fingerprint density at radius 3 is 2.47 bits per heavy atom. The van der Waals surface area contributed by atoms with Crippen LogP contribution in [0.1, 0.15) is 26.3 Å². The molecule has 1 rings (SSSR count). The first kappa shape index (κ1) is 13.4.